The van der Waals surface area contributed by atoms with Crippen LogP contribution < -0.4 is 4.90 Å². The highest BCUT2D eigenvalue weighted by atomic mass is 15.2. The third-order valence-corrected chi connectivity index (χ3v) is 4.45. The molecule has 4 aromatic rings. The second-order valence-corrected chi connectivity index (χ2v) is 6.33. The van der Waals surface area contributed by atoms with Crippen LogP contribution in [0.25, 0.3) is 22.2 Å². The molecule has 0 N–H and O–H groups in total. The van der Waals surface area contributed by atoms with E-state index in [1.807, 2.05) is 62.2 Å². The molecule has 0 aliphatic rings. The number of aromatic nitrogens is 4. The lowest BCUT2D eigenvalue weighted by molar-refractivity contribution is 0.633. The smallest absolute Gasteiger partial charge is 0.226 e. The standard InChI is InChI=1S/C21H21N5/c1-25(13-7-14-26-15-12-22-16-26)21-23-19-11-6-5-10-18(19)20(24-21)17-8-3-2-4-9-17/h2-6,8-12,15-16H,7,13-14H2,1H3. The summed E-state index contributed by atoms with van der Waals surface area (Å²) >= 11 is 0. The van der Waals surface area contributed by atoms with Gasteiger partial charge in [-0.2, -0.15) is 0 Å². The van der Waals surface area contributed by atoms with Crippen LogP contribution in [0.15, 0.2) is 73.3 Å². The number of fused-ring (bicyclic) bond motifs is 1. The first-order valence-electron chi connectivity index (χ1n) is 8.80. The van der Waals surface area contributed by atoms with Crippen LogP contribution in [0, 0.1) is 0 Å². The molecule has 2 aromatic carbocycles. The fraction of sp³-hybridized carbons (Fsp3) is 0.190. The van der Waals surface area contributed by atoms with Crippen molar-refractivity contribution < 1.29 is 0 Å². The molecule has 4 rings (SSSR count). The number of hydrogen-bond donors (Lipinski definition) is 0. The lowest BCUT2D eigenvalue weighted by Crippen LogP contribution is -2.22. The maximum atomic E-state index is 4.88. The molecule has 26 heavy (non-hydrogen) atoms. The van der Waals surface area contributed by atoms with Crippen LogP contribution in [-0.2, 0) is 6.54 Å². The highest BCUT2D eigenvalue weighted by Gasteiger charge is 2.12. The molecule has 0 spiro atoms. The van der Waals surface area contributed by atoms with Gasteiger partial charge in [-0.25, -0.2) is 15.0 Å². The summed E-state index contributed by atoms with van der Waals surface area (Å²) < 4.78 is 2.09. The number of nitrogens with zero attached hydrogens (tertiary/aromatic N) is 5. The molecule has 0 radical (unpaired) electrons. The topological polar surface area (TPSA) is 46.8 Å². The molecule has 2 heterocycles. The van der Waals surface area contributed by atoms with Gasteiger partial charge in [0.25, 0.3) is 0 Å². The molecular weight excluding hydrogens is 322 g/mol. The number of aryl methyl sites for hydroxylation is 1. The van der Waals surface area contributed by atoms with Crippen LogP contribution >= 0.6 is 0 Å². The summed E-state index contributed by atoms with van der Waals surface area (Å²) in [6, 6.07) is 18.5. The Morgan fingerprint density at radius 1 is 0.962 bits per heavy atom. The van der Waals surface area contributed by atoms with E-state index in [0.717, 1.165) is 47.6 Å². The summed E-state index contributed by atoms with van der Waals surface area (Å²) in [5.74, 6) is 0.758. The van der Waals surface area contributed by atoms with Gasteiger partial charge in [-0.15, -0.1) is 0 Å². The zero-order valence-corrected chi connectivity index (χ0v) is 14.8. The minimum Gasteiger partial charge on any atom is -0.344 e. The average Bonchev–Trinajstić information content (AvgIpc) is 3.21. The van der Waals surface area contributed by atoms with E-state index in [4.69, 9.17) is 9.97 Å². The number of para-hydroxylation sites is 1. The van der Waals surface area contributed by atoms with E-state index < -0.39 is 0 Å². The summed E-state index contributed by atoms with van der Waals surface area (Å²) in [6.45, 7) is 1.81. The molecule has 0 fully saturated rings. The van der Waals surface area contributed by atoms with Crippen LogP contribution in [0.4, 0.5) is 5.95 Å². The Bertz CT molecular complexity index is 980. The lowest BCUT2D eigenvalue weighted by atomic mass is 10.1. The van der Waals surface area contributed by atoms with E-state index in [1.54, 1.807) is 0 Å². The molecule has 130 valence electrons. The Morgan fingerprint density at radius 3 is 2.58 bits per heavy atom. The van der Waals surface area contributed by atoms with Crippen LogP contribution in [0.5, 0.6) is 0 Å². The summed E-state index contributed by atoms with van der Waals surface area (Å²) in [7, 11) is 2.05. The molecule has 0 atom stereocenters. The SMILES string of the molecule is CN(CCCn1ccnc1)c1nc(-c2ccccc2)c2ccccc2n1. The molecule has 5 nitrogen and oxygen atoms in total. The predicted molar refractivity (Wildman–Crippen MR) is 105 cm³/mol. The normalized spacial score (nSPS) is 11.0. The summed E-state index contributed by atoms with van der Waals surface area (Å²) in [5, 5.41) is 1.08. The van der Waals surface area contributed by atoms with E-state index in [1.165, 1.54) is 0 Å². The lowest BCUT2D eigenvalue weighted by Gasteiger charge is -2.19. The third kappa shape index (κ3) is 3.42. The summed E-state index contributed by atoms with van der Waals surface area (Å²) in [6.07, 6.45) is 6.64. The molecule has 0 aliphatic heterocycles. The van der Waals surface area contributed by atoms with Gasteiger partial charge in [0, 0.05) is 43.5 Å². The molecule has 0 bridgehead atoms. The first kappa shape index (κ1) is 16.3. The van der Waals surface area contributed by atoms with Gasteiger partial charge >= 0.3 is 0 Å². The second-order valence-electron chi connectivity index (χ2n) is 6.33. The van der Waals surface area contributed by atoms with Gasteiger partial charge in [-0.1, -0.05) is 48.5 Å². The molecule has 0 amide bonds. The van der Waals surface area contributed by atoms with Crippen molar-refractivity contribution in [1.82, 2.24) is 19.5 Å². The molecule has 0 aliphatic carbocycles. The minimum absolute atomic E-state index is 0.758. The highest BCUT2D eigenvalue weighted by molar-refractivity contribution is 5.93. The monoisotopic (exact) mass is 343 g/mol. The predicted octanol–water partition coefficient (Wildman–Crippen LogP) is 4.02. The molecule has 0 saturated heterocycles. The van der Waals surface area contributed by atoms with Gasteiger partial charge in [0.1, 0.15) is 0 Å². The maximum absolute atomic E-state index is 4.88. The zero-order chi connectivity index (χ0) is 17.8. The van der Waals surface area contributed by atoms with Gasteiger partial charge in [0.2, 0.25) is 5.95 Å². The van der Waals surface area contributed by atoms with Gasteiger partial charge < -0.3 is 9.47 Å². The number of benzene rings is 2. The van der Waals surface area contributed by atoms with Crippen molar-refractivity contribution >= 4 is 16.9 Å². The van der Waals surface area contributed by atoms with Gasteiger partial charge in [-0.3, -0.25) is 0 Å². The molecule has 0 unspecified atom stereocenters. The minimum atomic E-state index is 0.758. The Hall–Kier alpha value is -3.21. The molecular formula is C21H21N5. The number of anilines is 1. The Morgan fingerprint density at radius 2 is 1.77 bits per heavy atom. The number of imidazole rings is 1. The van der Waals surface area contributed by atoms with E-state index >= 15 is 0 Å². The second kappa shape index (κ2) is 7.35. The number of hydrogen-bond acceptors (Lipinski definition) is 4. The van der Waals surface area contributed by atoms with Crippen LogP contribution in [0.2, 0.25) is 0 Å². The van der Waals surface area contributed by atoms with Crippen LogP contribution in [0.1, 0.15) is 6.42 Å². The van der Waals surface area contributed by atoms with E-state index in [2.05, 4.69) is 32.7 Å². The average molecular weight is 343 g/mol. The van der Waals surface area contributed by atoms with Crippen molar-refractivity contribution in [3.63, 3.8) is 0 Å². The fourth-order valence-electron chi connectivity index (χ4n) is 3.06. The maximum Gasteiger partial charge on any atom is 0.226 e. The van der Waals surface area contributed by atoms with Gasteiger partial charge in [0.05, 0.1) is 17.5 Å². The summed E-state index contributed by atoms with van der Waals surface area (Å²) in [4.78, 5) is 15.9. The van der Waals surface area contributed by atoms with Crippen LogP contribution in [0.3, 0.4) is 0 Å². The zero-order valence-electron chi connectivity index (χ0n) is 14.8. The van der Waals surface area contributed by atoms with Crippen molar-refractivity contribution in [2.24, 2.45) is 0 Å². The van der Waals surface area contributed by atoms with Crippen molar-refractivity contribution in [2.75, 3.05) is 18.5 Å². The Kier molecular flexibility index (Phi) is 4.60. The van der Waals surface area contributed by atoms with E-state index in [-0.39, 0.29) is 0 Å². The van der Waals surface area contributed by atoms with Crippen molar-refractivity contribution in [3.8, 4) is 11.3 Å². The number of rotatable bonds is 6. The molecule has 0 saturated carbocycles. The van der Waals surface area contributed by atoms with Crippen molar-refractivity contribution in [2.45, 2.75) is 13.0 Å². The van der Waals surface area contributed by atoms with Gasteiger partial charge in [-0.05, 0) is 12.5 Å². The Balaban J connectivity index is 1.62. The van der Waals surface area contributed by atoms with Crippen molar-refractivity contribution in [3.05, 3.63) is 73.3 Å². The van der Waals surface area contributed by atoms with E-state index in [0.29, 0.717) is 0 Å². The largest absolute Gasteiger partial charge is 0.344 e. The quantitative estimate of drug-likeness (QED) is 0.530. The molecule has 2 aromatic heterocycles. The van der Waals surface area contributed by atoms with E-state index in [9.17, 15) is 0 Å². The van der Waals surface area contributed by atoms with Crippen molar-refractivity contribution in [1.29, 1.82) is 0 Å². The fourth-order valence-corrected chi connectivity index (χ4v) is 3.06. The third-order valence-electron chi connectivity index (χ3n) is 4.45. The van der Waals surface area contributed by atoms with Gasteiger partial charge in [0.15, 0.2) is 0 Å². The van der Waals surface area contributed by atoms with Crippen LogP contribution in [-0.4, -0.2) is 33.1 Å². The highest BCUT2D eigenvalue weighted by Crippen LogP contribution is 2.27. The first-order chi connectivity index (χ1) is 12.8. The summed E-state index contributed by atoms with van der Waals surface area (Å²) in [5.41, 5.74) is 3.06. The Labute approximate surface area is 153 Å². The first-order valence-corrected chi connectivity index (χ1v) is 8.80. The molecule has 5 heteroatoms.